The molecule has 1 aliphatic rings. The molecule has 0 spiro atoms. The predicted molar refractivity (Wildman–Crippen MR) is 134 cm³/mol. The van der Waals surface area contributed by atoms with Gasteiger partial charge in [0.05, 0.1) is 11.7 Å². The average molecular weight is 439 g/mol. The molecule has 1 saturated heterocycles. The summed E-state index contributed by atoms with van der Waals surface area (Å²) in [7, 11) is 0. The summed E-state index contributed by atoms with van der Waals surface area (Å²) in [6, 6.07) is 25.4. The molecular formula is C27H26N4S. The lowest BCUT2D eigenvalue weighted by Crippen LogP contribution is -2.30. The Morgan fingerprint density at radius 1 is 0.844 bits per heavy atom. The minimum Gasteiger partial charge on any atom is -0.351 e. The summed E-state index contributed by atoms with van der Waals surface area (Å²) < 4.78 is 2.25. The third-order valence-corrected chi connectivity index (χ3v) is 6.58. The van der Waals surface area contributed by atoms with Gasteiger partial charge >= 0.3 is 0 Å². The summed E-state index contributed by atoms with van der Waals surface area (Å²) in [5.74, 6) is 0. The van der Waals surface area contributed by atoms with E-state index in [2.05, 4.69) is 107 Å². The Kier molecular flexibility index (Phi) is 5.27. The molecule has 5 heteroatoms. The Hall–Kier alpha value is -3.44. The second-order valence-electron chi connectivity index (χ2n) is 8.40. The molecule has 0 bridgehead atoms. The van der Waals surface area contributed by atoms with Crippen LogP contribution in [0.15, 0.2) is 85.2 Å². The van der Waals surface area contributed by atoms with Gasteiger partial charge in [0.15, 0.2) is 5.11 Å². The Labute approximate surface area is 194 Å². The average Bonchev–Trinajstić information content (AvgIpc) is 3.41. The van der Waals surface area contributed by atoms with Gasteiger partial charge in [0.25, 0.3) is 0 Å². The SMILES string of the molecule is Cc1ccc(-n2cccc2[C@@H]2[C@H](c3ccccn3)NC(=S)N2c2ccc(C)c(C)c2)cc1. The largest absolute Gasteiger partial charge is 0.351 e. The van der Waals surface area contributed by atoms with Gasteiger partial charge in [-0.3, -0.25) is 4.98 Å². The number of aromatic nitrogens is 2. The van der Waals surface area contributed by atoms with Crippen molar-refractivity contribution in [3.05, 3.63) is 113 Å². The molecule has 2 aromatic carbocycles. The molecule has 0 radical (unpaired) electrons. The summed E-state index contributed by atoms with van der Waals surface area (Å²) in [4.78, 5) is 6.91. The van der Waals surface area contributed by atoms with Crippen LogP contribution in [-0.2, 0) is 0 Å². The van der Waals surface area contributed by atoms with Gasteiger partial charge < -0.3 is 14.8 Å². The molecule has 0 aliphatic carbocycles. The first kappa shape index (κ1) is 20.5. The van der Waals surface area contributed by atoms with E-state index in [-0.39, 0.29) is 12.1 Å². The molecule has 4 nitrogen and oxygen atoms in total. The number of rotatable bonds is 4. The maximum absolute atomic E-state index is 5.88. The van der Waals surface area contributed by atoms with Gasteiger partial charge in [-0.05, 0) is 92.6 Å². The molecule has 0 amide bonds. The maximum Gasteiger partial charge on any atom is 0.174 e. The molecule has 4 aromatic rings. The van der Waals surface area contributed by atoms with Crippen molar-refractivity contribution < 1.29 is 0 Å². The first-order valence-corrected chi connectivity index (χ1v) is 11.3. The smallest absolute Gasteiger partial charge is 0.174 e. The highest BCUT2D eigenvalue weighted by Crippen LogP contribution is 2.42. The molecule has 1 N–H and O–H groups in total. The summed E-state index contributed by atoms with van der Waals surface area (Å²) in [5, 5.41) is 4.27. The lowest BCUT2D eigenvalue weighted by molar-refractivity contribution is 0.549. The second-order valence-corrected chi connectivity index (χ2v) is 8.79. The molecule has 0 saturated carbocycles. The topological polar surface area (TPSA) is 33.1 Å². The molecule has 1 aliphatic heterocycles. The first-order valence-electron chi connectivity index (χ1n) is 10.8. The van der Waals surface area contributed by atoms with E-state index in [1.807, 2.05) is 18.3 Å². The molecule has 160 valence electrons. The number of benzene rings is 2. The van der Waals surface area contributed by atoms with Crippen LogP contribution >= 0.6 is 12.2 Å². The van der Waals surface area contributed by atoms with Crippen molar-refractivity contribution in [2.45, 2.75) is 32.9 Å². The highest BCUT2D eigenvalue weighted by molar-refractivity contribution is 7.80. The van der Waals surface area contributed by atoms with Crippen LogP contribution in [0, 0.1) is 20.8 Å². The van der Waals surface area contributed by atoms with Crippen molar-refractivity contribution in [1.29, 1.82) is 0 Å². The van der Waals surface area contributed by atoms with Crippen LogP contribution in [-0.4, -0.2) is 14.7 Å². The van der Waals surface area contributed by atoms with Crippen LogP contribution in [0.4, 0.5) is 5.69 Å². The van der Waals surface area contributed by atoms with Crippen LogP contribution in [0.3, 0.4) is 0 Å². The molecule has 32 heavy (non-hydrogen) atoms. The van der Waals surface area contributed by atoms with E-state index in [4.69, 9.17) is 12.2 Å². The predicted octanol–water partition coefficient (Wildman–Crippen LogP) is 5.97. The summed E-state index contributed by atoms with van der Waals surface area (Å²) in [5.41, 5.74) is 8.12. The maximum atomic E-state index is 5.88. The number of anilines is 1. The Morgan fingerprint density at radius 3 is 2.34 bits per heavy atom. The van der Waals surface area contributed by atoms with E-state index < -0.39 is 0 Å². The van der Waals surface area contributed by atoms with Gasteiger partial charge in [-0.15, -0.1) is 0 Å². The number of nitrogens with one attached hydrogen (secondary N) is 1. The molecule has 5 rings (SSSR count). The molecule has 0 unspecified atom stereocenters. The van der Waals surface area contributed by atoms with Gasteiger partial charge in [0, 0.05) is 29.5 Å². The molecule has 2 aromatic heterocycles. The number of hydrogen-bond acceptors (Lipinski definition) is 2. The van der Waals surface area contributed by atoms with Gasteiger partial charge in [0.1, 0.15) is 6.04 Å². The third kappa shape index (κ3) is 3.59. The van der Waals surface area contributed by atoms with Gasteiger partial charge in [-0.1, -0.05) is 29.8 Å². The third-order valence-electron chi connectivity index (χ3n) is 6.26. The fourth-order valence-electron chi connectivity index (χ4n) is 4.38. The number of thiocarbonyl (C=S) groups is 1. The zero-order valence-corrected chi connectivity index (χ0v) is 19.3. The van der Waals surface area contributed by atoms with Crippen LogP contribution in [0.25, 0.3) is 5.69 Å². The normalized spacial score (nSPS) is 18.1. The number of aryl methyl sites for hydroxylation is 3. The zero-order valence-electron chi connectivity index (χ0n) is 18.5. The molecule has 3 heterocycles. The summed E-state index contributed by atoms with van der Waals surface area (Å²) >= 11 is 5.88. The first-order chi connectivity index (χ1) is 15.5. The van der Waals surface area contributed by atoms with Crippen molar-refractivity contribution in [3.8, 4) is 5.69 Å². The molecule has 1 fully saturated rings. The van der Waals surface area contributed by atoms with Crippen molar-refractivity contribution in [2.24, 2.45) is 0 Å². The molecular weight excluding hydrogens is 412 g/mol. The lowest BCUT2D eigenvalue weighted by atomic mass is 10.00. The standard InChI is InChI=1S/C27H26N4S/c1-18-9-12-21(13-10-18)30-16-6-8-24(30)26-25(23-7-4-5-15-28-23)29-27(32)31(26)22-14-11-19(2)20(3)17-22/h4-17,25-26H,1-3H3,(H,29,32)/t25-,26+/m0/s1. The van der Waals surface area contributed by atoms with Crippen molar-refractivity contribution >= 4 is 23.0 Å². The minimum atomic E-state index is -0.0654. The van der Waals surface area contributed by atoms with E-state index in [0.717, 1.165) is 22.8 Å². The van der Waals surface area contributed by atoms with Crippen molar-refractivity contribution in [1.82, 2.24) is 14.9 Å². The van der Waals surface area contributed by atoms with Gasteiger partial charge in [-0.2, -0.15) is 0 Å². The van der Waals surface area contributed by atoms with Crippen LogP contribution < -0.4 is 10.2 Å². The second kappa shape index (κ2) is 8.24. The fraction of sp³-hybridized carbons (Fsp3) is 0.185. The highest BCUT2D eigenvalue weighted by Gasteiger charge is 2.42. The summed E-state index contributed by atoms with van der Waals surface area (Å²) in [6.45, 7) is 6.39. The minimum absolute atomic E-state index is 0.0455. The van der Waals surface area contributed by atoms with Crippen LogP contribution in [0.5, 0.6) is 0 Å². The Bertz CT molecular complexity index is 1260. The zero-order chi connectivity index (χ0) is 22.2. The van der Waals surface area contributed by atoms with Crippen molar-refractivity contribution in [3.63, 3.8) is 0 Å². The lowest BCUT2D eigenvalue weighted by Gasteiger charge is -2.29. The van der Waals surface area contributed by atoms with Gasteiger partial charge in [-0.25, -0.2) is 0 Å². The van der Waals surface area contributed by atoms with Crippen LogP contribution in [0.1, 0.15) is 40.2 Å². The highest BCUT2D eigenvalue weighted by atomic mass is 32.1. The Morgan fingerprint density at radius 2 is 1.62 bits per heavy atom. The van der Waals surface area contributed by atoms with Gasteiger partial charge in [0.2, 0.25) is 0 Å². The van der Waals surface area contributed by atoms with E-state index in [9.17, 15) is 0 Å². The fourth-order valence-corrected chi connectivity index (χ4v) is 4.73. The number of nitrogens with zero attached hydrogens (tertiary/aromatic N) is 3. The Balaban J connectivity index is 1.67. The van der Waals surface area contributed by atoms with E-state index in [1.165, 1.54) is 16.7 Å². The number of pyridine rings is 1. The monoisotopic (exact) mass is 438 g/mol. The van der Waals surface area contributed by atoms with E-state index in [0.29, 0.717) is 5.11 Å². The summed E-state index contributed by atoms with van der Waals surface area (Å²) in [6.07, 6.45) is 3.96. The quantitative estimate of drug-likeness (QED) is 0.398. The van der Waals surface area contributed by atoms with E-state index >= 15 is 0 Å². The van der Waals surface area contributed by atoms with E-state index in [1.54, 1.807) is 0 Å². The molecule has 2 atom stereocenters. The number of hydrogen-bond donors (Lipinski definition) is 1. The van der Waals surface area contributed by atoms with Crippen LogP contribution in [0.2, 0.25) is 0 Å². The van der Waals surface area contributed by atoms with Crippen molar-refractivity contribution in [2.75, 3.05) is 4.90 Å².